The summed E-state index contributed by atoms with van der Waals surface area (Å²) in [6.45, 7) is 0. The summed E-state index contributed by atoms with van der Waals surface area (Å²) in [5, 5.41) is 12.5. The maximum Gasteiger partial charge on any atom is 0.335 e. The van der Waals surface area contributed by atoms with Crippen LogP contribution in [0.25, 0.3) is 0 Å². The molecule has 0 saturated carbocycles. The minimum absolute atomic E-state index is 0.133. The van der Waals surface area contributed by atoms with Crippen LogP contribution in [0.15, 0.2) is 72.8 Å². The van der Waals surface area contributed by atoms with Crippen molar-refractivity contribution >= 4 is 23.3 Å². The number of rotatable bonds is 4. The summed E-state index contributed by atoms with van der Waals surface area (Å²) < 4.78 is 5.21. The van der Waals surface area contributed by atoms with E-state index in [1.54, 1.807) is 42.3 Å². The van der Waals surface area contributed by atoms with Gasteiger partial charge in [-0.15, -0.1) is 0 Å². The first kappa shape index (κ1) is 17.6. The Hall–Kier alpha value is -3.80. The minimum Gasteiger partial charge on any atom is -0.497 e. The predicted octanol–water partition coefficient (Wildman–Crippen LogP) is 4.16. The quantitative estimate of drug-likeness (QED) is 0.717. The lowest BCUT2D eigenvalue weighted by molar-refractivity contribution is 0.0696. The smallest absolute Gasteiger partial charge is 0.335 e. The molecule has 1 aliphatic rings. The van der Waals surface area contributed by atoms with Crippen molar-refractivity contribution in [3.8, 4) is 5.75 Å². The number of carbonyl (C=O) groups excluding carboxylic acids is 1. The third-order valence-electron chi connectivity index (χ3n) is 4.75. The maximum atomic E-state index is 13.3. The molecule has 0 fully saturated rings. The number of methoxy groups -OCH3 is 1. The Bertz CT molecular complexity index is 1030. The average Bonchev–Trinajstić information content (AvgIpc) is 2.74. The molecule has 28 heavy (non-hydrogen) atoms. The minimum atomic E-state index is -0.989. The average molecular weight is 374 g/mol. The molecule has 1 aliphatic heterocycles. The van der Waals surface area contributed by atoms with Gasteiger partial charge in [-0.1, -0.05) is 24.3 Å². The van der Waals surface area contributed by atoms with E-state index in [2.05, 4.69) is 5.32 Å². The van der Waals surface area contributed by atoms with Gasteiger partial charge in [0.1, 0.15) is 11.9 Å². The van der Waals surface area contributed by atoms with Gasteiger partial charge in [0.25, 0.3) is 5.91 Å². The fourth-order valence-electron chi connectivity index (χ4n) is 3.30. The molecule has 1 atom stereocenters. The van der Waals surface area contributed by atoms with Crippen molar-refractivity contribution in [1.82, 2.24) is 0 Å². The zero-order valence-electron chi connectivity index (χ0n) is 15.1. The molecule has 0 aromatic heterocycles. The number of nitrogens with one attached hydrogen (secondary N) is 1. The zero-order valence-corrected chi connectivity index (χ0v) is 15.1. The van der Waals surface area contributed by atoms with E-state index in [1.807, 2.05) is 30.3 Å². The largest absolute Gasteiger partial charge is 0.497 e. The highest BCUT2D eigenvalue weighted by molar-refractivity contribution is 6.12. The van der Waals surface area contributed by atoms with Crippen molar-refractivity contribution in [1.29, 1.82) is 0 Å². The first-order chi connectivity index (χ1) is 13.6. The molecule has 1 heterocycles. The van der Waals surface area contributed by atoms with Crippen molar-refractivity contribution in [3.63, 3.8) is 0 Å². The molecule has 1 unspecified atom stereocenters. The van der Waals surface area contributed by atoms with E-state index < -0.39 is 12.1 Å². The summed E-state index contributed by atoms with van der Waals surface area (Å²) in [7, 11) is 1.59. The highest BCUT2D eigenvalue weighted by atomic mass is 16.5. The lowest BCUT2D eigenvalue weighted by Crippen LogP contribution is -2.43. The molecule has 0 bridgehead atoms. The number of carboxylic acid groups (broad SMARTS) is 1. The summed E-state index contributed by atoms with van der Waals surface area (Å²) in [4.78, 5) is 26.1. The van der Waals surface area contributed by atoms with E-state index in [-0.39, 0.29) is 11.5 Å². The number of carboxylic acids is 1. The number of fused-ring (bicyclic) bond motifs is 1. The fraction of sp³-hybridized carbons (Fsp3) is 0.0909. The molecule has 0 aliphatic carbocycles. The normalized spacial score (nSPS) is 15.5. The van der Waals surface area contributed by atoms with Crippen LogP contribution in [-0.2, 0) is 0 Å². The van der Waals surface area contributed by atoms with Gasteiger partial charge in [-0.3, -0.25) is 9.69 Å². The Morgan fingerprint density at radius 2 is 1.68 bits per heavy atom. The SMILES string of the molecule is COc1ccc(N2C(=O)c3ccccc3NC2c2ccc(C(=O)O)cc2)cc1. The van der Waals surface area contributed by atoms with E-state index in [0.29, 0.717) is 17.0 Å². The fourth-order valence-corrected chi connectivity index (χ4v) is 3.30. The number of nitrogens with zero attached hydrogens (tertiary/aromatic N) is 1. The van der Waals surface area contributed by atoms with Crippen LogP contribution in [0.1, 0.15) is 32.4 Å². The van der Waals surface area contributed by atoms with Gasteiger partial charge in [-0.2, -0.15) is 0 Å². The maximum absolute atomic E-state index is 13.3. The molecule has 2 N–H and O–H groups in total. The second kappa shape index (κ2) is 7.08. The Morgan fingerprint density at radius 3 is 2.32 bits per heavy atom. The monoisotopic (exact) mass is 374 g/mol. The van der Waals surface area contributed by atoms with E-state index in [1.165, 1.54) is 12.1 Å². The molecule has 140 valence electrons. The van der Waals surface area contributed by atoms with Crippen LogP contribution in [0.4, 0.5) is 11.4 Å². The summed E-state index contributed by atoms with van der Waals surface area (Å²) in [6.07, 6.45) is -0.473. The number of anilines is 2. The lowest BCUT2D eigenvalue weighted by Gasteiger charge is -2.38. The molecule has 3 aromatic carbocycles. The summed E-state index contributed by atoms with van der Waals surface area (Å²) in [5.41, 5.74) is 3.01. The molecule has 0 radical (unpaired) electrons. The van der Waals surface area contributed by atoms with Crippen LogP contribution in [-0.4, -0.2) is 24.1 Å². The standard InChI is InChI=1S/C22H18N2O4/c1-28-17-12-10-16(11-13-17)24-20(14-6-8-15(9-7-14)22(26)27)23-19-5-3-2-4-18(19)21(24)25/h2-13,20,23H,1H3,(H,26,27). The van der Waals surface area contributed by atoms with Crippen LogP contribution in [0.2, 0.25) is 0 Å². The van der Waals surface area contributed by atoms with Crippen molar-refractivity contribution < 1.29 is 19.4 Å². The van der Waals surface area contributed by atoms with E-state index in [9.17, 15) is 9.59 Å². The highest BCUT2D eigenvalue weighted by Gasteiger charge is 2.34. The number of aromatic carboxylic acids is 1. The molecular weight excluding hydrogens is 356 g/mol. The van der Waals surface area contributed by atoms with E-state index in [0.717, 1.165) is 11.3 Å². The van der Waals surface area contributed by atoms with Gasteiger partial charge in [0.05, 0.1) is 18.2 Å². The van der Waals surface area contributed by atoms with Crippen molar-refractivity contribution in [3.05, 3.63) is 89.5 Å². The van der Waals surface area contributed by atoms with Gasteiger partial charge in [0.15, 0.2) is 0 Å². The van der Waals surface area contributed by atoms with E-state index >= 15 is 0 Å². The Morgan fingerprint density at radius 1 is 1.00 bits per heavy atom. The predicted molar refractivity (Wildman–Crippen MR) is 106 cm³/mol. The van der Waals surface area contributed by atoms with Crippen LogP contribution in [0, 0.1) is 0 Å². The van der Waals surface area contributed by atoms with Crippen LogP contribution < -0.4 is 15.0 Å². The lowest BCUT2D eigenvalue weighted by atomic mass is 10.0. The molecular formula is C22H18N2O4. The molecule has 0 spiro atoms. The van der Waals surface area contributed by atoms with Crippen LogP contribution in [0.3, 0.4) is 0 Å². The zero-order chi connectivity index (χ0) is 19.7. The number of carbonyl (C=O) groups is 2. The Labute approximate surface area is 162 Å². The summed E-state index contributed by atoms with van der Waals surface area (Å²) >= 11 is 0. The topological polar surface area (TPSA) is 78.9 Å². The molecule has 4 rings (SSSR count). The first-order valence-corrected chi connectivity index (χ1v) is 8.75. The summed E-state index contributed by atoms with van der Waals surface area (Å²) in [6, 6.07) is 21.1. The third kappa shape index (κ3) is 3.05. The van der Waals surface area contributed by atoms with E-state index in [4.69, 9.17) is 9.84 Å². The number of hydrogen-bond acceptors (Lipinski definition) is 4. The number of para-hydroxylation sites is 1. The van der Waals surface area contributed by atoms with Crippen molar-refractivity contribution in [2.24, 2.45) is 0 Å². The first-order valence-electron chi connectivity index (χ1n) is 8.75. The van der Waals surface area contributed by atoms with Gasteiger partial charge >= 0.3 is 5.97 Å². The van der Waals surface area contributed by atoms with Crippen molar-refractivity contribution in [2.45, 2.75) is 6.17 Å². The Balaban J connectivity index is 1.80. The molecule has 0 saturated heterocycles. The Kier molecular flexibility index (Phi) is 4.45. The van der Waals surface area contributed by atoms with Gasteiger partial charge < -0.3 is 15.2 Å². The highest BCUT2D eigenvalue weighted by Crippen LogP contribution is 2.37. The number of amides is 1. The van der Waals surface area contributed by atoms with Gasteiger partial charge in [0.2, 0.25) is 0 Å². The number of benzene rings is 3. The third-order valence-corrected chi connectivity index (χ3v) is 4.75. The molecule has 6 nitrogen and oxygen atoms in total. The second-order valence-electron chi connectivity index (χ2n) is 6.39. The second-order valence-corrected chi connectivity index (χ2v) is 6.39. The van der Waals surface area contributed by atoms with Crippen LogP contribution in [0.5, 0.6) is 5.75 Å². The molecule has 6 heteroatoms. The van der Waals surface area contributed by atoms with Gasteiger partial charge in [-0.25, -0.2) is 4.79 Å². The summed E-state index contributed by atoms with van der Waals surface area (Å²) in [5.74, 6) is -0.424. The van der Waals surface area contributed by atoms with Crippen molar-refractivity contribution in [2.75, 3.05) is 17.3 Å². The van der Waals surface area contributed by atoms with Crippen LogP contribution >= 0.6 is 0 Å². The molecule has 3 aromatic rings. The molecule has 1 amide bonds. The number of hydrogen-bond donors (Lipinski definition) is 2. The van der Waals surface area contributed by atoms with Gasteiger partial charge in [0, 0.05) is 11.4 Å². The van der Waals surface area contributed by atoms with Gasteiger partial charge in [-0.05, 0) is 54.1 Å². The number of ether oxygens (including phenoxy) is 1.